The smallest absolute Gasteiger partial charge is 0.269 e. The molecule has 0 radical (unpaired) electrons. The van der Waals surface area contributed by atoms with Gasteiger partial charge in [-0.2, -0.15) is 5.10 Å². The molecule has 24 heavy (non-hydrogen) atoms. The number of aromatic nitrogens is 2. The lowest BCUT2D eigenvalue weighted by atomic mass is 10.2. The second-order valence-electron chi connectivity index (χ2n) is 5.87. The molecule has 5 nitrogen and oxygen atoms in total. The Hall–Kier alpha value is -2.28. The van der Waals surface area contributed by atoms with Crippen molar-refractivity contribution in [1.82, 2.24) is 14.7 Å². The first-order valence-corrected chi connectivity index (χ1v) is 7.98. The Morgan fingerprint density at radius 1 is 1.08 bits per heavy atom. The maximum Gasteiger partial charge on any atom is 0.269 e. The van der Waals surface area contributed by atoms with E-state index >= 15 is 0 Å². The topological polar surface area (TPSA) is 41.4 Å². The second-order valence-corrected chi connectivity index (χ2v) is 5.87. The molecule has 0 unspecified atom stereocenters. The lowest BCUT2D eigenvalue weighted by molar-refractivity contribution is 0.119. The number of rotatable bonds is 5. The second kappa shape index (κ2) is 7.53. The van der Waals surface area contributed by atoms with E-state index in [0.717, 1.165) is 37.4 Å². The van der Waals surface area contributed by atoms with Gasteiger partial charge >= 0.3 is 0 Å². The zero-order chi connectivity index (χ0) is 16.9. The molecule has 0 saturated carbocycles. The fourth-order valence-corrected chi connectivity index (χ4v) is 2.87. The van der Waals surface area contributed by atoms with Crippen LogP contribution in [0.25, 0.3) is 0 Å². The Kier molecular flexibility index (Phi) is 5.20. The molecule has 7 heteroatoms. The molecule has 2 aromatic rings. The average molecular weight is 334 g/mol. The molecule has 0 bridgehead atoms. The first kappa shape index (κ1) is 16.6. The highest BCUT2D eigenvalue weighted by atomic mass is 19.3. The maximum absolute atomic E-state index is 12.4. The van der Waals surface area contributed by atoms with E-state index in [4.69, 9.17) is 0 Å². The molecule has 1 saturated heterocycles. The van der Waals surface area contributed by atoms with Crippen LogP contribution in [0.4, 0.5) is 14.5 Å². The summed E-state index contributed by atoms with van der Waals surface area (Å²) in [6.07, 6.45) is -1.08. The van der Waals surface area contributed by atoms with Crippen molar-refractivity contribution in [3.8, 4) is 0 Å². The fraction of sp³-hybridized carbons (Fsp3) is 0.412. The van der Waals surface area contributed by atoms with Crippen LogP contribution < -0.4 is 10.5 Å². The Morgan fingerprint density at radius 3 is 2.42 bits per heavy atom. The van der Waals surface area contributed by atoms with Crippen LogP contribution in [0.15, 0.2) is 47.4 Å². The molecule has 3 rings (SSSR count). The predicted molar refractivity (Wildman–Crippen MR) is 88.4 cm³/mol. The number of nitrogens with zero attached hydrogens (tertiary/aromatic N) is 4. The van der Waals surface area contributed by atoms with Gasteiger partial charge in [0.25, 0.3) is 12.0 Å². The minimum atomic E-state index is -2.58. The van der Waals surface area contributed by atoms with Crippen LogP contribution in [0.1, 0.15) is 5.56 Å². The quantitative estimate of drug-likeness (QED) is 0.837. The van der Waals surface area contributed by atoms with E-state index in [9.17, 15) is 13.6 Å². The van der Waals surface area contributed by atoms with Gasteiger partial charge in [-0.15, -0.1) is 0 Å². The van der Waals surface area contributed by atoms with Gasteiger partial charge in [-0.1, -0.05) is 30.3 Å². The van der Waals surface area contributed by atoms with Gasteiger partial charge in [0.2, 0.25) is 0 Å². The molecule has 0 atom stereocenters. The summed E-state index contributed by atoms with van der Waals surface area (Å²) in [5, 5.41) is 3.85. The number of anilines is 1. The van der Waals surface area contributed by atoms with E-state index in [1.807, 2.05) is 18.2 Å². The standard InChI is InChI=1S/C17H20F2N4O/c18-16(19)13-23-17(24)10-15(11-20-23)22-8-6-21(7-9-22)12-14-4-2-1-3-5-14/h1-5,10-11,16H,6-9,12-13H2. The molecule has 0 aliphatic carbocycles. The van der Waals surface area contributed by atoms with Crippen molar-refractivity contribution in [3.63, 3.8) is 0 Å². The largest absolute Gasteiger partial charge is 0.368 e. The van der Waals surface area contributed by atoms with Crippen molar-refractivity contribution in [2.45, 2.75) is 19.5 Å². The first-order chi connectivity index (χ1) is 11.6. The Labute approximate surface area is 139 Å². The van der Waals surface area contributed by atoms with E-state index in [1.165, 1.54) is 17.8 Å². The third-order valence-corrected chi connectivity index (χ3v) is 4.15. The van der Waals surface area contributed by atoms with Gasteiger partial charge in [-0.25, -0.2) is 13.5 Å². The van der Waals surface area contributed by atoms with Crippen molar-refractivity contribution in [1.29, 1.82) is 0 Å². The Balaban J connectivity index is 1.58. The fourth-order valence-electron chi connectivity index (χ4n) is 2.87. The van der Waals surface area contributed by atoms with Crippen LogP contribution >= 0.6 is 0 Å². The summed E-state index contributed by atoms with van der Waals surface area (Å²) in [5.41, 5.74) is 1.49. The monoisotopic (exact) mass is 334 g/mol. The minimum absolute atomic E-state index is 0.487. The third kappa shape index (κ3) is 4.17. The van der Waals surface area contributed by atoms with Crippen LogP contribution in [0.3, 0.4) is 0 Å². The van der Waals surface area contributed by atoms with Crippen LogP contribution in [0.2, 0.25) is 0 Å². The van der Waals surface area contributed by atoms with Gasteiger partial charge in [0.05, 0.1) is 11.9 Å². The molecule has 1 aliphatic rings. The number of hydrogen-bond donors (Lipinski definition) is 0. The van der Waals surface area contributed by atoms with Crippen LogP contribution in [-0.2, 0) is 13.1 Å². The summed E-state index contributed by atoms with van der Waals surface area (Å²) in [6.45, 7) is 3.58. The van der Waals surface area contributed by atoms with Crippen molar-refractivity contribution >= 4 is 5.69 Å². The van der Waals surface area contributed by atoms with Gasteiger partial charge in [0, 0.05) is 38.8 Å². The lowest BCUT2D eigenvalue weighted by Gasteiger charge is -2.35. The zero-order valence-electron chi connectivity index (χ0n) is 13.3. The molecule has 0 spiro atoms. The highest BCUT2D eigenvalue weighted by Crippen LogP contribution is 2.15. The highest BCUT2D eigenvalue weighted by Gasteiger charge is 2.18. The van der Waals surface area contributed by atoms with Gasteiger partial charge in [-0.3, -0.25) is 9.69 Å². The van der Waals surface area contributed by atoms with E-state index < -0.39 is 18.5 Å². The summed E-state index contributed by atoms with van der Waals surface area (Å²) in [5.74, 6) is 0. The van der Waals surface area contributed by atoms with Crippen molar-refractivity contribution in [3.05, 3.63) is 58.5 Å². The molecular weight excluding hydrogens is 314 g/mol. The van der Waals surface area contributed by atoms with Crippen molar-refractivity contribution in [2.24, 2.45) is 0 Å². The molecule has 128 valence electrons. The van der Waals surface area contributed by atoms with E-state index in [1.54, 1.807) is 0 Å². The van der Waals surface area contributed by atoms with Gasteiger partial charge in [0.1, 0.15) is 6.54 Å². The molecule has 1 aliphatic heterocycles. The van der Waals surface area contributed by atoms with Gasteiger partial charge in [0.15, 0.2) is 0 Å². The number of benzene rings is 1. The highest BCUT2D eigenvalue weighted by molar-refractivity contribution is 5.43. The molecule has 0 N–H and O–H groups in total. The van der Waals surface area contributed by atoms with Crippen LogP contribution in [0.5, 0.6) is 0 Å². The van der Waals surface area contributed by atoms with Gasteiger partial charge < -0.3 is 4.90 Å². The van der Waals surface area contributed by atoms with Gasteiger partial charge in [-0.05, 0) is 5.56 Å². The minimum Gasteiger partial charge on any atom is -0.368 e. The Bertz CT molecular complexity index is 712. The molecule has 2 heterocycles. The average Bonchev–Trinajstić information content (AvgIpc) is 2.58. The summed E-state index contributed by atoms with van der Waals surface area (Å²) in [4.78, 5) is 16.3. The summed E-state index contributed by atoms with van der Waals surface area (Å²) in [7, 11) is 0. The zero-order valence-corrected chi connectivity index (χ0v) is 13.3. The summed E-state index contributed by atoms with van der Waals surface area (Å²) < 4.78 is 25.5. The van der Waals surface area contributed by atoms with E-state index in [-0.39, 0.29) is 0 Å². The number of halogens is 2. The SMILES string of the molecule is O=c1cc(N2CCN(Cc3ccccc3)CC2)cnn1CC(F)F. The molecule has 0 amide bonds. The Morgan fingerprint density at radius 2 is 1.79 bits per heavy atom. The summed E-state index contributed by atoms with van der Waals surface area (Å²) in [6, 6.07) is 11.7. The molecule has 1 aromatic carbocycles. The first-order valence-electron chi connectivity index (χ1n) is 7.98. The number of alkyl halides is 2. The maximum atomic E-state index is 12.4. The van der Waals surface area contributed by atoms with Crippen LogP contribution in [-0.4, -0.2) is 47.3 Å². The predicted octanol–water partition coefficient (Wildman–Crippen LogP) is 1.83. The van der Waals surface area contributed by atoms with Crippen LogP contribution in [0, 0.1) is 0 Å². The van der Waals surface area contributed by atoms with E-state index in [2.05, 4.69) is 27.0 Å². The third-order valence-electron chi connectivity index (χ3n) is 4.15. The van der Waals surface area contributed by atoms with Crippen molar-refractivity contribution < 1.29 is 8.78 Å². The summed E-state index contributed by atoms with van der Waals surface area (Å²) >= 11 is 0. The molecular formula is C17H20F2N4O. The molecule has 1 aromatic heterocycles. The molecule has 1 fully saturated rings. The normalized spacial score (nSPS) is 15.9. The van der Waals surface area contributed by atoms with E-state index in [0.29, 0.717) is 5.69 Å². The van der Waals surface area contributed by atoms with Crippen molar-refractivity contribution in [2.75, 3.05) is 31.1 Å². The number of hydrogen-bond acceptors (Lipinski definition) is 4. The number of piperazine rings is 1. The lowest BCUT2D eigenvalue weighted by Crippen LogP contribution is -2.46.